The minimum absolute atomic E-state index is 0.0865. The number of ether oxygens (including phenoxy) is 2. The zero-order valence-electron chi connectivity index (χ0n) is 20.6. The molecule has 0 aliphatic carbocycles. The van der Waals surface area contributed by atoms with Crippen molar-refractivity contribution in [1.29, 1.82) is 0 Å². The highest BCUT2D eigenvalue weighted by Crippen LogP contribution is 2.37. The Morgan fingerprint density at radius 3 is 2.09 bits per heavy atom. The Morgan fingerprint density at radius 2 is 1.45 bits per heavy atom. The molecule has 33 heavy (non-hydrogen) atoms. The summed E-state index contributed by atoms with van der Waals surface area (Å²) < 4.78 is 11.8. The van der Waals surface area contributed by atoms with Crippen molar-refractivity contribution in [3.8, 4) is 0 Å². The van der Waals surface area contributed by atoms with Gasteiger partial charge in [0.2, 0.25) is 0 Å². The van der Waals surface area contributed by atoms with E-state index in [9.17, 15) is 25.5 Å². The van der Waals surface area contributed by atoms with Crippen molar-refractivity contribution in [1.82, 2.24) is 5.32 Å². The molecule has 9 atom stereocenters. The molecular formula is C25H49NO7. The molecule has 2 rings (SSSR count). The molecule has 2 unspecified atom stereocenters. The Labute approximate surface area is 199 Å². The van der Waals surface area contributed by atoms with Crippen LogP contribution in [0.3, 0.4) is 0 Å². The second-order valence-corrected chi connectivity index (χ2v) is 9.94. The lowest BCUT2D eigenvalue weighted by Crippen LogP contribution is -2.65. The van der Waals surface area contributed by atoms with Gasteiger partial charge < -0.3 is 40.3 Å². The third-order valence-corrected chi connectivity index (χ3v) is 7.36. The summed E-state index contributed by atoms with van der Waals surface area (Å²) in [5.41, 5.74) is 0. The topological polar surface area (TPSA) is 132 Å². The lowest BCUT2D eigenvalue weighted by molar-refractivity contribution is -0.263. The van der Waals surface area contributed by atoms with Gasteiger partial charge in [-0.25, -0.2) is 0 Å². The molecule has 0 saturated carbocycles. The molecule has 0 aromatic heterocycles. The molecule has 0 bridgehead atoms. The first-order valence-corrected chi connectivity index (χ1v) is 13.3. The molecule has 8 heteroatoms. The van der Waals surface area contributed by atoms with Crippen molar-refractivity contribution >= 4 is 0 Å². The monoisotopic (exact) mass is 475 g/mol. The molecule has 0 aromatic rings. The molecule has 2 aliphatic rings. The van der Waals surface area contributed by atoms with Crippen molar-refractivity contribution in [2.45, 2.75) is 121 Å². The number of hydrogen-bond donors (Lipinski definition) is 6. The molecule has 2 saturated heterocycles. The highest BCUT2D eigenvalue weighted by atomic mass is 16.5. The van der Waals surface area contributed by atoms with Crippen LogP contribution in [0.4, 0.5) is 0 Å². The predicted octanol–water partition coefficient (Wildman–Crippen LogP) is 1.35. The Hall–Kier alpha value is -0.320. The fourth-order valence-electron chi connectivity index (χ4n) is 5.35. The lowest BCUT2D eigenvalue weighted by Gasteiger charge is -2.50. The second-order valence-electron chi connectivity index (χ2n) is 9.94. The van der Waals surface area contributed by atoms with Crippen LogP contribution in [0.1, 0.15) is 78.1 Å². The average molecular weight is 476 g/mol. The number of nitrogens with one attached hydrogen (secondary N) is 1. The summed E-state index contributed by atoms with van der Waals surface area (Å²) in [6.07, 6.45) is 4.70. The summed E-state index contributed by atoms with van der Waals surface area (Å²) in [5.74, 6) is -1.05. The van der Waals surface area contributed by atoms with Crippen LogP contribution in [0.2, 0.25) is 0 Å². The molecule has 2 heterocycles. The minimum atomic E-state index is -1.23. The molecule has 196 valence electrons. The number of unbranched alkanes of at least 4 members (excludes halogenated alkanes) is 7. The first-order chi connectivity index (χ1) is 16.0. The van der Waals surface area contributed by atoms with Gasteiger partial charge in [0, 0.05) is 18.4 Å². The maximum absolute atomic E-state index is 11.1. The smallest absolute Gasteiger partial charge is 0.107 e. The van der Waals surface area contributed by atoms with Crippen LogP contribution in [0.5, 0.6) is 0 Å². The van der Waals surface area contributed by atoms with Crippen molar-refractivity contribution in [2.75, 3.05) is 26.3 Å². The normalized spacial score (nSPS) is 37.4. The first kappa shape index (κ1) is 28.9. The highest BCUT2D eigenvalue weighted by Gasteiger charge is 2.52. The maximum Gasteiger partial charge on any atom is 0.107 e. The molecular weight excluding hydrogens is 426 g/mol. The van der Waals surface area contributed by atoms with E-state index in [1.807, 2.05) is 0 Å². The van der Waals surface area contributed by atoms with E-state index >= 15 is 0 Å². The van der Waals surface area contributed by atoms with Gasteiger partial charge in [0.05, 0.1) is 43.7 Å². The number of hydrogen-bond acceptors (Lipinski definition) is 8. The second kappa shape index (κ2) is 15.6. The molecule has 2 aliphatic heterocycles. The van der Waals surface area contributed by atoms with Gasteiger partial charge in [-0.15, -0.1) is 0 Å². The van der Waals surface area contributed by atoms with E-state index in [2.05, 4.69) is 19.2 Å². The van der Waals surface area contributed by atoms with Gasteiger partial charge in [0.1, 0.15) is 12.2 Å². The maximum atomic E-state index is 11.1. The van der Waals surface area contributed by atoms with Crippen molar-refractivity contribution in [3.05, 3.63) is 0 Å². The van der Waals surface area contributed by atoms with Crippen LogP contribution >= 0.6 is 0 Å². The Balaban J connectivity index is 1.99. The van der Waals surface area contributed by atoms with Crippen LogP contribution in [0, 0.1) is 11.8 Å². The summed E-state index contributed by atoms with van der Waals surface area (Å²) in [6.45, 7) is 5.20. The predicted molar refractivity (Wildman–Crippen MR) is 127 cm³/mol. The third kappa shape index (κ3) is 8.39. The zero-order valence-corrected chi connectivity index (χ0v) is 20.6. The van der Waals surface area contributed by atoms with Gasteiger partial charge in [0.25, 0.3) is 0 Å². The van der Waals surface area contributed by atoms with Crippen LogP contribution in [-0.4, -0.2) is 94.6 Å². The van der Waals surface area contributed by atoms with Gasteiger partial charge in [-0.05, 0) is 19.4 Å². The van der Waals surface area contributed by atoms with Gasteiger partial charge >= 0.3 is 0 Å². The lowest BCUT2D eigenvalue weighted by atomic mass is 9.75. The van der Waals surface area contributed by atoms with Crippen LogP contribution in [0.25, 0.3) is 0 Å². The van der Waals surface area contributed by atoms with Gasteiger partial charge in [-0.3, -0.25) is 0 Å². The van der Waals surface area contributed by atoms with Crippen LogP contribution in [0.15, 0.2) is 0 Å². The summed E-state index contributed by atoms with van der Waals surface area (Å²) >= 11 is 0. The van der Waals surface area contributed by atoms with E-state index in [0.717, 1.165) is 32.2 Å². The summed E-state index contributed by atoms with van der Waals surface area (Å²) in [4.78, 5) is 0. The van der Waals surface area contributed by atoms with Crippen molar-refractivity contribution < 1.29 is 35.0 Å². The minimum Gasteiger partial charge on any atom is -0.394 e. The molecule has 8 nitrogen and oxygen atoms in total. The Morgan fingerprint density at radius 1 is 0.788 bits per heavy atom. The Bertz CT molecular complexity index is 509. The van der Waals surface area contributed by atoms with Crippen molar-refractivity contribution in [3.63, 3.8) is 0 Å². The van der Waals surface area contributed by atoms with Crippen LogP contribution in [-0.2, 0) is 9.47 Å². The summed E-state index contributed by atoms with van der Waals surface area (Å²) in [7, 11) is 0. The SMILES string of the molecule is CCCCCCCCCCC1[C@@H](CNCCC)O[C@H](C2[C@@H](CO)OC[C@H](O)[C@H]2O)[C@H](O)[C@H]1O. The first-order valence-electron chi connectivity index (χ1n) is 13.3. The van der Waals surface area contributed by atoms with Gasteiger partial charge in [0.15, 0.2) is 0 Å². The fourth-order valence-corrected chi connectivity index (χ4v) is 5.35. The molecule has 0 spiro atoms. The Kier molecular flexibility index (Phi) is 13.7. The van der Waals surface area contributed by atoms with E-state index in [-0.39, 0.29) is 25.2 Å². The molecule has 0 radical (unpaired) electrons. The zero-order chi connectivity index (χ0) is 24.2. The average Bonchev–Trinajstić information content (AvgIpc) is 2.81. The molecule has 2 fully saturated rings. The van der Waals surface area contributed by atoms with Gasteiger partial charge in [-0.1, -0.05) is 65.2 Å². The molecule has 0 amide bonds. The number of rotatable bonds is 15. The highest BCUT2D eigenvalue weighted by molar-refractivity contribution is 5.01. The van der Waals surface area contributed by atoms with E-state index in [1.54, 1.807) is 0 Å². The molecule has 0 aromatic carbocycles. The summed E-state index contributed by atoms with van der Waals surface area (Å²) in [6, 6.07) is 0. The van der Waals surface area contributed by atoms with E-state index in [4.69, 9.17) is 9.47 Å². The third-order valence-electron chi connectivity index (χ3n) is 7.36. The van der Waals surface area contributed by atoms with Gasteiger partial charge in [-0.2, -0.15) is 0 Å². The van der Waals surface area contributed by atoms with E-state index in [0.29, 0.717) is 6.54 Å². The van der Waals surface area contributed by atoms with Crippen molar-refractivity contribution in [2.24, 2.45) is 11.8 Å². The largest absolute Gasteiger partial charge is 0.394 e. The van der Waals surface area contributed by atoms with Crippen LogP contribution < -0.4 is 5.32 Å². The number of aliphatic hydroxyl groups excluding tert-OH is 5. The number of aliphatic hydroxyl groups is 5. The standard InChI is InChI=1S/C25H49NO7/c1-3-5-6-7-8-9-10-11-12-17-19(14-26-13-4-2)33-25(24(31)22(17)29)21-20(15-27)32-16-18(28)23(21)30/h17-31H,3-16H2,1-2H3/t17?,18-,19+,20+,21?,22-,23+,24+,25+/m0/s1. The fraction of sp³-hybridized carbons (Fsp3) is 1.00. The van der Waals surface area contributed by atoms with E-state index in [1.165, 1.54) is 38.5 Å². The molecule has 6 N–H and O–H groups in total. The van der Waals surface area contributed by atoms with E-state index < -0.39 is 42.5 Å². The summed E-state index contributed by atoms with van der Waals surface area (Å²) in [5, 5.41) is 55.9. The quantitative estimate of drug-likeness (QED) is 0.196.